The van der Waals surface area contributed by atoms with Gasteiger partial charge in [-0.05, 0) is 42.7 Å². The molecule has 0 bridgehead atoms. The molecular formula is C25H30N4O4S. The fraction of sp³-hybridized carbons (Fsp3) is 0.440. The summed E-state index contributed by atoms with van der Waals surface area (Å²) in [6.07, 6.45) is 2.82. The minimum atomic E-state index is -3.37. The van der Waals surface area contributed by atoms with Crippen molar-refractivity contribution in [1.29, 1.82) is 0 Å². The van der Waals surface area contributed by atoms with Crippen LogP contribution in [0.4, 0.5) is 5.69 Å². The average molecular weight is 483 g/mol. The van der Waals surface area contributed by atoms with Crippen LogP contribution in [0, 0.1) is 0 Å². The minimum Gasteiger partial charge on any atom is -0.336 e. The Hall–Kier alpha value is -2.91. The predicted octanol–water partition coefficient (Wildman–Crippen LogP) is 1.68. The lowest BCUT2D eigenvalue weighted by atomic mass is 9.99. The summed E-state index contributed by atoms with van der Waals surface area (Å²) >= 11 is 0. The molecule has 34 heavy (non-hydrogen) atoms. The first kappa shape index (κ1) is 22.9. The summed E-state index contributed by atoms with van der Waals surface area (Å²) in [4.78, 5) is 31.8. The van der Waals surface area contributed by atoms with Crippen LogP contribution in [0.25, 0.3) is 0 Å². The summed E-state index contributed by atoms with van der Waals surface area (Å²) in [6, 6.07) is 15.1. The first-order chi connectivity index (χ1) is 16.3. The van der Waals surface area contributed by atoms with Gasteiger partial charge in [0.15, 0.2) is 0 Å². The first-order valence-electron chi connectivity index (χ1n) is 11.8. The molecule has 9 heteroatoms. The van der Waals surface area contributed by atoms with Crippen LogP contribution in [0.1, 0.15) is 32.7 Å². The van der Waals surface area contributed by atoms with Crippen molar-refractivity contribution < 1.29 is 18.0 Å². The lowest BCUT2D eigenvalue weighted by Gasteiger charge is -2.48. The molecule has 3 aliphatic rings. The second-order valence-electron chi connectivity index (χ2n) is 9.34. The number of likely N-dealkylation sites (tertiary alicyclic amines) is 1. The number of amides is 2. The van der Waals surface area contributed by atoms with Crippen LogP contribution in [-0.4, -0.2) is 93.0 Å². The van der Waals surface area contributed by atoms with Crippen molar-refractivity contribution in [2.75, 3.05) is 56.4 Å². The summed E-state index contributed by atoms with van der Waals surface area (Å²) in [7, 11) is -3.37. The molecule has 0 saturated carbocycles. The van der Waals surface area contributed by atoms with E-state index in [0.29, 0.717) is 50.0 Å². The Morgan fingerprint density at radius 1 is 0.824 bits per heavy atom. The first-order valence-corrected chi connectivity index (χ1v) is 13.6. The van der Waals surface area contributed by atoms with E-state index in [1.54, 1.807) is 6.07 Å². The van der Waals surface area contributed by atoms with E-state index in [2.05, 4.69) is 4.90 Å². The van der Waals surface area contributed by atoms with Crippen LogP contribution >= 0.6 is 0 Å². The number of hydrogen-bond acceptors (Lipinski definition) is 5. The Balaban J connectivity index is 1.17. The molecule has 0 unspecified atom stereocenters. The summed E-state index contributed by atoms with van der Waals surface area (Å²) in [6.45, 7) is 4.72. The summed E-state index contributed by atoms with van der Waals surface area (Å²) in [5.41, 5.74) is 2.86. The highest BCUT2D eigenvalue weighted by Gasteiger charge is 2.37. The lowest BCUT2D eigenvalue weighted by molar-refractivity contribution is 0.00853. The maximum Gasteiger partial charge on any atom is 0.254 e. The molecule has 2 aromatic carbocycles. The summed E-state index contributed by atoms with van der Waals surface area (Å²) in [5.74, 6) is 0.0113. The van der Waals surface area contributed by atoms with Crippen molar-refractivity contribution in [3.8, 4) is 0 Å². The number of fused-ring (bicyclic) bond motifs is 1. The fourth-order valence-corrected chi connectivity index (χ4v) is 6.09. The SMILES string of the molecule is CS(=O)(=O)N1CCCc2ccc(C(=O)N3CC(N4CCN(C(=O)c5ccccc5)CC4)C3)cc21. The smallest absolute Gasteiger partial charge is 0.254 e. The van der Waals surface area contributed by atoms with Crippen molar-refractivity contribution in [3.63, 3.8) is 0 Å². The Kier molecular flexibility index (Phi) is 6.07. The van der Waals surface area contributed by atoms with Crippen LogP contribution < -0.4 is 4.31 Å². The number of aryl methyl sites for hydroxylation is 1. The van der Waals surface area contributed by atoms with E-state index < -0.39 is 10.0 Å². The van der Waals surface area contributed by atoms with Crippen molar-refractivity contribution >= 4 is 27.5 Å². The van der Waals surface area contributed by atoms with E-state index in [0.717, 1.165) is 37.1 Å². The van der Waals surface area contributed by atoms with Gasteiger partial charge < -0.3 is 9.80 Å². The van der Waals surface area contributed by atoms with Crippen molar-refractivity contribution in [3.05, 3.63) is 65.2 Å². The quantitative estimate of drug-likeness (QED) is 0.663. The zero-order valence-electron chi connectivity index (χ0n) is 19.4. The third kappa shape index (κ3) is 4.42. The Labute approximate surface area is 200 Å². The van der Waals surface area contributed by atoms with Gasteiger partial charge in [-0.1, -0.05) is 24.3 Å². The van der Waals surface area contributed by atoms with Crippen LogP contribution in [0.2, 0.25) is 0 Å². The number of carbonyl (C=O) groups excluding carboxylic acids is 2. The second kappa shape index (κ2) is 9.03. The molecule has 0 radical (unpaired) electrons. The Morgan fingerprint density at radius 3 is 2.18 bits per heavy atom. The van der Waals surface area contributed by atoms with E-state index in [9.17, 15) is 18.0 Å². The second-order valence-corrected chi connectivity index (χ2v) is 11.2. The zero-order chi connectivity index (χ0) is 23.9. The highest BCUT2D eigenvalue weighted by Crippen LogP contribution is 2.31. The van der Waals surface area contributed by atoms with Gasteiger partial charge in [-0.25, -0.2) is 8.42 Å². The van der Waals surface area contributed by atoms with Gasteiger partial charge in [-0.2, -0.15) is 0 Å². The summed E-state index contributed by atoms with van der Waals surface area (Å²) in [5, 5.41) is 0. The molecule has 0 spiro atoms. The standard InChI is InChI=1S/C25H30N4O4S/c1-34(32,33)29-11-5-8-19-9-10-21(16-23(19)29)25(31)28-17-22(18-28)26-12-14-27(15-13-26)24(30)20-6-3-2-4-7-20/h2-4,6-7,9-10,16,22H,5,8,11-15,17-18H2,1H3. The highest BCUT2D eigenvalue weighted by atomic mass is 32.2. The maximum absolute atomic E-state index is 13.1. The number of nitrogens with zero attached hydrogens (tertiary/aromatic N) is 4. The minimum absolute atomic E-state index is 0.0593. The molecule has 0 N–H and O–H groups in total. The molecule has 0 atom stereocenters. The highest BCUT2D eigenvalue weighted by molar-refractivity contribution is 7.92. The number of carbonyl (C=O) groups is 2. The number of rotatable bonds is 4. The normalized spacial score (nSPS) is 19.5. The molecule has 2 saturated heterocycles. The van der Waals surface area contributed by atoms with Crippen molar-refractivity contribution in [2.24, 2.45) is 0 Å². The van der Waals surface area contributed by atoms with Crippen LogP contribution in [0.5, 0.6) is 0 Å². The molecule has 0 aliphatic carbocycles. The lowest BCUT2D eigenvalue weighted by Crippen LogP contribution is -2.64. The summed E-state index contributed by atoms with van der Waals surface area (Å²) < 4.78 is 25.8. The Morgan fingerprint density at radius 2 is 1.50 bits per heavy atom. The molecule has 8 nitrogen and oxygen atoms in total. The van der Waals surface area contributed by atoms with E-state index in [4.69, 9.17) is 0 Å². The van der Waals surface area contributed by atoms with E-state index >= 15 is 0 Å². The fourth-order valence-electron chi connectivity index (χ4n) is 5.11. The molecule has 3 heterocycles. The molecule has 3 aliphatic heterocycles. The van der Waals surface area contributed by atoms with Gasteiger partial charge in [0.1, 0.15) is 0 Å². The van der Waals surface area contributed by atoms with Crippen LogP contribution in [0.15, 0.2) is 48.5 Å². The molecule has 0 aromatic heterocycles. The number of sulfonamides is 1. The van der Waals surface area contributed by atoms with Crippen LogP contribution in [-0.2, 0) is 16.4 Å². The van der Waals surface area contributed by atoms with Gasteiger partial charge in [0.2, 0.25) is 10.0 Å². The zero-order valence-corrected chi connectivity index (χ0v) is 20.2. The average Bonchev–Trinajstić information content (AvgIpc) is 2.82. The third-order valence-corrected chi connectivity index (χ3v) is 8.28. The van der Waals surface area contributed by atoms with Gasteiger partial charge >= 0.3 is 0 Å². The van der Waals surface area contributed by atoms with Crippen LogP contribution in [0.3, 0.4) is 0 Å². The monoisotopic (exact) mass is 482 g/mol. The van der Waals surface area contributed by atoms with Gasteiger partial charge in [0, 0.05) is 63.0 Å². The number of benzene rings is 2. The van der Waals surface area contributed by atoms with Crippen molar-refractivity contribution in [1.82, 2.24) is 14.7 Å². The number of piperazine rings is 1. The molecule has 2 amide bonds. The van der Waals surface area contributed by atoms with E-state index in [1.807, 2.05) is 52.3 Å². The largest absolute Gasteiger partial charge is 0.336 e. The van der Waals surface area contributed by atoms with Gasteiger partial charge in [0.25, 0.3) is 11.8 Å². The molecule has 2 fully saturated rings. The molecule has 180 valence electrons. The van der Waals surface area contributed by atoms with E-state index in [1.165, 1.54) is 10.6 Å². The Bertz CT molecular complexity index is 1190. The number of hydrogen-bond donors (Lipinski definition) is 0. The molecule has 5 rings (SSSR count). The molecule has 2 aromatic rings. The third-order valence-electron chi connectivity index (χ3n) is 7.10. The topological polar surface area (TPSA) is 81.2 Å². The maximum atomic E-state index is 13.1. The van der Waals surface area contributed by atoms with Gasteiger partial charge in [-0.15, -0.1) is 0 Å². The number of anilines is 1. The van der Waals surface area contributed by atoms with Gasteiger partial charge in [-0.3, -0.25) is 18.8 Å². The van der Waals surface area contributed by atoms with E-state index in [-0.39, 0.29) is 11.8 Å². The molecular weight excluding hydrogens is 452 g/mol. The predicted molar refractivity (Wildman–Crippen MR) is 131 cm³/mol. The van der Waals surface area contributed by atoms with Gasteiger partial charge in [0.05, 0.1) is 11.9 Å². The van der Waals surface area contributed by atoms with Crippen molar-refractivity contribution in [2.45, 2.75) is 18.9 Å².